The van der Waals surface area contributed by atoms with Crippen LogP contribution in [0, 0.1) is 0 Å². The maximum Gasteiger partial charge on any atom is 0.237 e. The van der Waals surface area contributed by atoms with Crippen LogP contribution in [0.3, 0.4) is 0 Å². The molecule has 1 N–H and O–H groups in total. The summed E-state index contributed by atoms with van der Waals surface area (Å²) in [5, 5.41) is 12.0. The van der Waals surface area contributed by atoms with Crippen LogP contribution in [0.1, 0.15) is 20.3 Å². The Hall–Kier alpha value is -2.67. The van der Waals surface area contributed by atoms with Gasteiger partial charge in [0.15, 0.2) is 11.0 Å². The van der Waals surface area contributed by atoms with Gasteiger partial charge in [-0.2, -0.15) is 0 Å². The van der Waals surface area contributed by atoms with Crippen LogP contribution in [0.4, 0.5) is 5.69 Å². The van der Waals surface area contributed by atoms with Crippen LogP contribution in [0.2, 0.25) is 0 Å². The second-order valence-electron chi connectivity index (χ2n) is 5.81. The van der Waals surface area contributed by atoms with Gasteiger partial charge in [-0.1, -0.05) is 36.9 Å². The van der Waals surface area contributed by atoms with E-state index >= 15 is 0 Å². The van der Waals surface area contributed by atoms with Gasteiger partial charge in [0.1, 0.15) is 0 Å². The Bertz CT molecular complexity index is 851. The maximum atomic E-state index is 12.5. The number of hydrogen-bond acceptors (Lipinski definition) is 5. The Morgan fingerprint density at radius 1 is 1.15 bits per heavy atom. The minimum Gasteiger partial charge on any atom is -0.325 e. The Morgan fingerprint density at radius 2 is 1.88 bits per heavy atom. The lowest BCUT2D eigenvalue weighted by molar-refractivity contribution is -0.115. The fraction of sp³-hybridized carbons (Fsp3) is 0.263. The number of nitrogens with one attached hydrogen (secondary N) is 1. The number of anilines is 1. The van der Waals surface area contributed by atoms with Crippen molar-refractivity contribution in [1.29, 1.82) is 0 Å². The van der Waals surface area contributed by atoms with Crippen LogP contribution in [0.15, 0.2) is 60.0 Å². The molecule has 7 heteroatoms. The monoisotopic (exact) mass is 367 g/mol. The summed E-state index contributed by atoms with van der Waals surface area (Å²) in [6.45, 7) is 4.77. The molecule has 26 heavy (non-hydrogen) atoms. The quantitative estimate of drug-likeness (QED) is 0.642. The van der Waals surface area contributed by atoms with Crippen LogP contribution in [0.25, 0.3) is 11.4 Å². The normalized spacial score (nSPS) is 11.9. The molecular weight excluding hydrogens is 346 g/mol. The van der Waals surface area contributed by atoms with Gasteiger partial charge in [-0.3, -0.25) is 9.78 Å². The molecule has 3 rings (SSSR count). The first-order chi connectivity index (χ1) is 12.7. The van der Waals surface area contributed by atoms with E-state index in [1.165, 1.54) is 11.8 Å². The average Bonchev–Trinajstić information content (AvgIpc) is 3.06. The maximum absolute atomic E-state index is 12.5. The van der Waals surface area contributed by atoms with Crippen molar-refractivity contribution in [3.8, 4) is 11.4 Å². The fourth-order valence-corrected chi connectivity index (χ4v) is 3.37. The number of para-hydroxylation sites is 1. The third-order valence-corrected chi connectivity index (χ3v) is 4.88. The van der Waals surface area contributed by atoms with Crippen LogP contribution in [-0.4, -0.2) is 30.9 Å². The van der Waals surface area contributed by atoms with E-state index in [-0.39, 0.29) is 11.2 Å². The Balaban J connectivity index is 1.76. The summed E-state index contributed by atoms with van der Waals surface area (Å²) in [4.78, 5) is 16.5. The van der Waals surface area contributed by atoms with Gasteiger partial charge in [-0.05, 0) is 37.6 Å². The molecule has 134 valence electrons. The molecule has 0 saturated heterocycles. The third-order valence-electron chi connectivity index (χ3n) is 3.80. The van der Waals surface area contributed by atoms with Crippen LogP contribution in [-0.2, 0) is 11.3 Å². The molecule has 0 spiro atoms. The number of pyridine rings is 1. The van der Waals surface area contributed by atoms with Gasteiger partial charge in [0.05, 0.1) is 5.25 Å². The number of carbonyl (C=O) groups is 1. The van der Waals surface area contributed by atoms with Crippen molar-refractivity contribution in [2.45, 2.75) is 37.2 Å². The molecule has 3 aromatic rings. The van der Waals surface area contributed by atoms with Crippen LogP contribution >= 0.6 is 11.8 Å². The van der Waals surface area contributed by atoms with Gasteiger partial charge in [0, 0.05) is 30.2 Å². The van der Waals surface area contributed by atoms with Gasteiger partial charge in [-0.15, -0.1) is 10.2 Å². The minimum absolute atomic E-state index is 0.0577. The number of amides is 1. The molecule has 6 nitrogen and oxygen atoms in total. The van der Waals surface area contributed by atoms with Crippen molar-refractivity contribution >= 4 is 23.4 Å². The van der Waals surface area contributed by atoms with E-state index in [1.54, 1.807) is 12.4 Å². The van der Waals surface area contributed by atoms with E-state index in [0.717, 1.165) is 35.2 Å². The Morgan fingerprint density at radius 3 is 2.58 bits per heavy atom. The molecule has 0 aliphatic heterocycles. The summed E-state index contributed by atoms with van der Waals surface area (Å²) < 4.78 is 2.06. The van der Waals surface area contributed by atoms with E-state index in [4.69, 9.17) is 0 Å². The second-order valence-corrected chi connectivity index (χ2v) is 7.12. The van der Waals surface area contributed by atoms with Crippen molar-refractivity contribution in [3.05, 3.63) is 54.9 Å². The molecular formula is C19H21N5OS. The summed E-state index contributed by atoms with van der Waals surface area (Å²) in [6.07, 6.45) is 4.43. The van der Waals surface area contributed by atoms with Gasteiger partial charge < -0.3 is 9.88 Å². The summed E-state index contributed by atoms with van der Waals surface area (Å²) in [7, 11) is 0. The van der Waals surface area contributed by atoms with Gasteiger partial charge in [-0.25, -0.2) is 0 Å². The van der Waals surface area contributed by atoms with E-state index in [2.05, 4.69) is 32.0 Å². The Labute approximate surface area is 157 Å². The summed E-state index contributed by atoms with van der Waals surface area (Å²) in [5.74, 6) is 0.741. The number of rotatable bonds is 7. The van der Waals surface area contributed by atoms with E-state index in [0.29, 0.717) is 0 Å². The SMILES string of the molecule is CCCn1c(SC(C)C(=O)Nc2ccccc2)nnc1-c1ccncc1. The molecule has 0 fully saturated rings. The molecule has 0 aliphatic rings. The summed E-state index contributed by atoms with van der Waals surface area (Å²) in [6, 6.07) is 13.3. The van der Waals surface area contributed by atoms with E-state index in [1.807, 2.05) is 49.4 Å². The highest BCUT2D eigenvalue weighted by Crippen LogP contribution is 2.27. The topological polar surface area (TPSA) is 72.7 Å². The second kappa shape index (κ2) is 8.62. The number of benzene rings is 1. The highest BCUT2D eigenvalue weighted by atomic mass is 32.2. The molecule has 1 aromatic carbocycles. The first-order valence-corrected chi connectivity index (χ1v) is 9.43. The smallest absolute Gasteiger partial charge is 0.237 e. The number of thioether (sulfide) groups is 1. The standard InChI is InChI=1S/C19H21N5OS/c1-3-13-24-17(15-9-11-20-12-10-15)22-23-19(24)26-14(2)18(25)21-16-7-5-4-6-8-16/h4-12,14H,3,13H2,1-2H3,(H,21,25). The van der Waals surface area contributed by atoms with Crippen molar-refractivity contribution in [2.24, 2.45) is 0 Å². The molecule has 1 amide bonds. The van der Waals surface area contributed by atoms with E-state index < -0.39 is 0 Å². The molecule has 2 aromatic heterocycles. The highest BCUT2D eigenvalue weighted by Gasteiger charge is 2.20. The number of aromatic nitrogens is 4. The lowest BCUT2D eigenvalue weighted by Crippen LogP contribution is -2.22. The molecule has 2 heterocycles. The molecule has 1 atom stereocenters. The first-order valence-electron chi connectivity index (χ1n) is 8.55. The summed E-state index contributed by atoms with van der Waals surface area (Å²) in [5.41, 5.74) is 1.76. The van der Waals surface area contributed by atoms with Crippen LogP contribution < -0.4 is 5.32 Å². The van der Waals surface area contributed by atoms with Gasteiger partial charge in [0.25, 0.3) is 0 Å². The van der Waals surface area contributed by atoms with E-state index in [9.17, 15) is 4.79 Å². The van der Waals surface area contributed by atoms with Crippen molar-refractivity contribution in [2.75, 3.05) is 5.32 Å². The molecule has 0 bridgehead atoms. The predicted molar refractivity (Wildman–Crippen MR) is 104 cm³/mol. The zero-order valence-corrected chi connectivity index (χ0v) is 15.6. The molecule has 0 radical (unpaired) electrons. The first kappa shape index (κ1) is 18.1. The van der Waals surface area contributed by atoms with Crippen LogP contribution in [0.5, 0.6) is 0 Å². The highest BCUT2D eigenvalue weighted by molar-refractivity contribution is 8.00. The van der Waals surface area contributed by atoms with Gasteiger partial charge >= 0.3 is 0 Å². The number of nitrogens with zero attached hydrogens (tertiary/aromatic N) is 4. The van der Waals surface area contributed by atoms with Crippen molar-refractivity contribution < 1.29 is 4.79 Å². The lowest BCUT2D eigenvalue weighted by atomic mass is 10.2. The minimum atomic E-state index is -0.291. The fourth-order valence-electron chi connectivity index (χ4n) is 2.49. The Kier molecular flexibility index (Phi) is 6.01. The number of carbonyl (C=O) groups excluding carboxylic acids is 1. The number of hydrogen-bond donors (Lipinski definition) is 1. The third kappa shape index (κ3) is 4.29. The van der Waals surface area contributed by atoms with Crippen molar-refractivity contribution in [3.63, 3.8) is 0 Å². The zero-order chi connectivity index (χ0) is 18.4. The zero-order valence-electron chi connectivity index (χ0n) is 14.8. The summed E-state index contributed by atoms with van der Waals surface area (Å²) >= 11 is 1.41. The molecule has 0 aliphatic carbocycles. The lowest BCUT2D eigenvalue weighted by Gasteiger charge is -2.13. The van der Waals surface area contributed by atoms with Gasteiger partial charge in [0.2, 0.25) is 5.91 Å². The van der Waals surface area contributed by atoms with Crippen molar-refractivity contribution in [1.82, 2.24) is 19.7 Å². The molecule has 1 unspecified atom stereocenters. The molecule has 0 saturated carbocycles. The largest absolute Gasteiger partial charge is 0.325 e. The predicted octanol–water partition coefficient (Wildman–Crippen LogP) is 3.87. The average molecular weight is 367 g/mol.